The summed E-state index contributed by atoms with van der Waals surface area (Å²) < 4.78 is 35.4. The van der Waals surface area contributed by atoms with Gasteiger partial charge >= 0.3 is 12.1 Å². The number of nitrogens with one attached hydrogen (secondary N) is 1. The lowest BCUT2D eigenvalue weighted by molar-refractivity contribution is -0.169. The second-order valence-corrected chi connectivity index (χ2v) is 2.93. The van der Waals surface area contributed by atoms with Crippen LogP contribution in [-0.4, -0.2) is 25.3 Å². The maximum Gasteiger partial charge on any atom is 0.473 e. The number of benzene rings is 1. The van der Waals surface area contributed by atoms with Crippen LogP contribution in [0.25, 0.3) is 0 Å². The molecule has 16 heavy (non-hydrogen) atoms. The smallest absolute Gasteiger partial charge is 0.388 e. The number of hydrogen-bond acceptors (Lipinski definition) is 2. The van der Waals surface area contributed by atoms with Gasteiger partial charge in [0.25, 0.3) is 0 Å². The van der Waals surface area contributed by atoms with Crippen LogP contribution in [0.5, 0.6) is 0 Å². The van der Waals surface area contributed by atoms with Crippen LogP contribution in [0.4, 0.5) is 18.9 Å². The molecular weight excluding hydrogens is 221 g/mol. The van der Waals surface area contributed by atoms with Crippen molar-refractivity contribution in [2.24, 2.45) is 4.99 Å². The molecule has 0 aromatic heterocycles. The van der Waals surface area contributed by atoms with Crippen molar-refractivity contribution in [1.82, 2.24) is 0 Å². The van der Waals surface area contributed by atoms with Crippen molar-refractivity contribution in [3.63, 3.8) is 0 Å². The third-order valence-corrected chi connectivity index (χ3v) is 1.77. The number of nitrogens with zero attached hydrogens (tertiary/aromatic N) is 1. The zero-order valence-corrected chi connectivity index (χ0v) is 8.38. The summed E-state index contributed by atoms with van der Waals surface area (Å²) in [5, 5.41) is 2.85. The van der Waals surface area contributed by atoms with Crippen LogP contribution in [0, 0.1) is 0 Å². The average Bonchev–Trinajstić information content (AvgIpc) is 2.25. The Balaban J connectivity index is 2.73. The molecule has 0 bridgehead atoms. The molecule has 1 N–H and O–H groups in total. The van der Waals surface area contributed by atoms with E-state index in [0.29, 0.717) is 5.56 Å². The maximum absolute atomic E-state index is 11.8. The van der Waals surface area contributed by atoms with Crippen molar-refractivity contribution in [2.75, 3.05) is 12.4 Å². The second kappa shape index (κ2) is 4.78. The first-order valence-electron chi connectivity index (χ1n) is 4.36. The monoisotopic (exact) mass is 230 g/mol. The fourth-order valence-corrected chi connectivity index (χ4v) is 0.942. The van der Waals surface area contributed by atoms with Crippen LogP contribution in [0.15, 0.2) is 29.3 Å². The van der Waals surface area contributed by atoms with Crippen molar-refractivity contribution < 1.29 is 18.0 Å². The molecule has 6 heteroatoms. The molecule has 1 aromatic carbocycles. The van der Waals surface area contributed by atoms with Gasteiger partial charge < -0.3 is 5.32 Å². The predicted octanol–water partition coefficient (Wildman–Crippen LogP) is 2.24. The van der Waals surface area contributed by atoms with Gasteiger partial charge in [0, 0.05) is 18.9 Å². The van der Waals surface area contributed by atoms with E-state index in [2.05, 4.69) is 10.3 Å². The summed E-state index contributed by atoms with van der Waals surface area (Å²) in [6.45, 7) is 0. The van der Waals surface area contributed by atoms with E-state index < -0.39 is 12.1 Å². The second-order valence-electron chi connectivity index (χ2n) is 2.93. The fourth-order valence-electron chi connectivity index (χ4n) is 0.942. The largest absolute Gasteiger partial charge is 0.473 e. The van der Waals surface area contributed by atoms with E-state index in [9.17, 15) is 18.0 Å². The maximum atomic E-state index is 11.8. The molecule has 0 atom stereocenters. The molecule has 0 heterocycles. The molecule has 0 aliphatic carbocycles. The standard InChI is InChI=1S/C10H9F3N2O/c1-14-8-4-2-7(3-5-8)6-15-9(16)10(11,12)13/h2-6,14H,1H3. The normalized spacial score (nSPS) is 11.8. The Hall–Kier alpha value is -1.85. The minimum atomic E-state index is -4.92. The van der Waals surface area contributed by atoms with E-state index in [1.165, 1.54) is 0 Å². The van der Waals surface area contributed by atoms with Crippen LogP contribution in [0.2, 0.25) is 0 Å². The molecule has 3 nitrogen and oxygen atoms in total. The summed E-state index contributed by atoms with van der Waals surface area (Å²) in [6, 6.07) is 6.44. The zero-order valence-electron chi connectivity index (χ0n) is 8.38. The number of alkyl halides is 3. The Bertz CT molecular complexity index is 396. The molecule has 0 spiro atoms. The van der Waals surface area contributed by atoms with E-state index in [1.54, 1.807) is 31.3 Å². The predicted molar refractivity (Wildman–Crippen MR) is 54.6 cm³/mol. The molecule has 0 aliphatic rings. The van der Waals surface area contributed by atoms with Gasteiger partial charge in [0.1, 0.15) is 0 Å². The van der Waals surface area contributed by atoms with Crippen molar-refractivity contribution in [2.45, 2.75) is 6.18 Å². The molecule has 0 unspecified atom stereocenters. The number of carbonyl (C=O) groups excluding carboxylic acids is 1. The third-order valence-electron chi connectivity index (χ3n) is 1.77. The quantitative estimate of drug-likeness (QED) is 0.791. The number of aliphatic imine (C=N–C) groups is 1. The molecule has 1 aromatic rings. The van der Waals surface area contributed by atoms with Crippen LogP contribution < -0.4 is 5.32 Å². The summed E-state index contributed by atoms with van der Waals surface area (Å²) in [7, 11) is 1.72. The summed E-state index contributed by atoms with van der Waals surface area (Å²) in [6.07, 6.45) is -4.03. The summed E-state index contributed by atoms with van der Waals surface area (Å²) in [5.74, 6) is -2.11. The van der Waals surface area contributed by atoms with Crippen LogP contribution in [0.1, 0.15) is 5.56 Å². The lowest BCUT2D eigenvalue weighted by Crippen LogP contribution is -2.20. The van der Waals surface area contributed by atoms with Crippen molar-refractivity contribution in [3.05, 3.63) is 29.8 Å². The highest BCUT2D eigenvalue weighted by atomic mass is 19.4. The molecule has 0 fully saturated rings. The van der Waals surface area contributed by atoms with Gasteiger partial charge in [-0.3, -0.25) is 4.79 Å². The lowest BCUT2D eigenvalue weighted by Gasteiger charge is -2.00. The molecule has 0 saturated carbocycles. The van der Waals surface area contributed by atoms with Gasteiger partial charge in [-0.1, -0.05) is 12.1 Å². The first-order valence-corrected chi connectivity index (χ1v) is 4.36. The number of anilines is 1. The van der Waals surface area contributed by atoms with Gasteiger partial charge in [-0.2, -0.15) is 13.2 Å². The number of rotatable bonds is 2. The molecule has 86 valence electrons. The Kier molecular flexibility index (Phi) is 3.65. The van der Waals surface area contributed by atoms with Gasteiger partial charge in [-0.05, 0) is 17.7 Å². The Morgan fingerprint density at radius 1 is 1.31 bits per heavy atom. The van der Waals surface area contributed by atoms with Gasteiger partial charge in [0.15, 0.2) is 0 Å². The van der Waals surface area contributed by atoms with E-state index in [0.717, 1.165) is 11.9 Å². The van der Waals surface area contributed by atoms with E-state index in [4.69, 9.17) is 0 Å². The van der Waals surface area contributed by atoms with Crippen LogP contribution in [-0.2, 0) is 4.79 Å². The minimum Gasteiger partial charge on any atom is -0.388 e. The number of halogens is 3. The van der Waals surface area contributed by atoms with Crippen molar-refractivity contribution in [1.29, 1.82) is 0 Å². The van der Waals surface area contributed by atoms with Gasteiger partial charge in [-0.15, -0.1) is 0 Å². The van der Waals surface area contributed by atoms with Gasteiger partial charge in [0.05, 0.1) is 0 Å². The minimum absolute atomic E-state index is 0.427. The Morgan fingerprint density at radius 2 is 1.88 bits per heavy atom. The molecule has 1 rings (SSSR count). The molecule has 0 saturated heterocycles. The first kappa shape index (κ1) is 12.2. The Morgan fingerprint density at radius 3 is 2.31 bits per heavy atom. The topological polar surface area (TPSA) is 41.5 Å². The lowest BCUT2D eigenvalue weighted by atomic mass is 10.2. The average molecular weight is 230 g/mol. The highest BCUT2D eigenvalue weighted by Crippen LogP contribution is 2.16. The van der Waals surface area contributed by atoms with E-state index >= 15 is 0 Å². The highest BCUT2D eigenvalue weighted by Gasteiger charge is 2.38. The van der Waals surface area contributed by atoms with Gasteiger partial charge in [-0.25, -0.2) is 4.99 Å². The highest BCUT2D eigenvalue weighted by molar-refractivity contribution is 5.94. The molecule has 0 aliphatic heterocycles. The first-order chi connectivity index (χ1) is 7.43. The molecule has 0 radical (unpaired) electrons. The van der Waals surface area contributed by atoms with Crippen LogP contribution in [0.3, 0.4) is 0 Å². The third kappa shape index (κ3) is 3.38. The fraction of sp³-hybridized carbons (Fsp3) is 0.200. The van der Waals surface area contributed by atoms with E-state index in [1.807, 2.05) is 0 Å². The van der Waals surface area contributed by atoms with Crippen LogP contribution >= 0.6 is 0 Å². The van der Waals surface area contributed by atoms with Crippen molar-refractivity contribution in [3.8, 4) is 0 Å². The van der Waals surface area contributed by atoms with Gasteiger partial charge in [0.2, 0.25) is 0 Å². The Labute approximate surface area is 90.0 Å². The molecular formula is C10H9F3N2O. The summed E-state index contributed by atoms with van der Waals surface area (Å²) >= 11 is 0. The number of amides is 1. The summed E-state index contributed by atoms with van der Waals surface area (Å²) in [4.78, 5) is 13.2. The SMILES string of the molecule is CNc1ccc(C=NC(=O)C(F)(F)F)cc1. The zero-order chi connectivity index (χ0) is 12.2. The number of hydrogen-bond donors (Lipinski definition) is 1. The molecule has 1 amide bonds. The van der Waals surface area contributed by atoms with E-state index in [-0.39, 0.29) is 0 Å². The van der Waals surface area contributed by atoms with Crippen molar-refractivity contribution >= 4 is 17.8 Å². The summed E-state index contributed by atoms with van der Waals surface area (Å²) in [5.41, 5.74) is 1.25. The number of carbonyl (C=O) groups is 1.